The summed E-state index contributed by atoms with van der Waals surface area (Å²) in [6.07, 6.45) is 4.48. The van der Waals surface area contributed by atoms with Crippen molar-refractivity contribution >= 4 is 0 Å². The normalized spacial score (nSPS) is 20.9. The molecule has 2 atom stereocenters. The van der Waals surface area contributed by atoms with E-state index in [1.165, 1.54) is 6.42 Å². The second-order valence-corrected chi connectivity index (χ2v) is 4.78. The standard InChI is InChI=1S/C14H22N2O2/c1-11-5-6-13(10-16-11)17-9-7-15-12(2)14-4-3-8-18-14/h5-6,10,12,14-15H,3-4,7-9H2,1-2H3. The number of pyridine rings is 1. The second-order valence-electron chi connectivity index (χ2n) is 4.78. The predicted octanol–water partition coefficient (Wildman–Crippen LogP) is 1.93. The highest BCUT2D eigenvalue weighted by Crippen LogP contribution is 2.15. The number of nitrogens with zero attached hydrogens (tertiary/aromatic N) is 1. The van der Waals surface area contributed by atoms with E-state index in [0.29, 0.717) is 18.8 Å². The van der Waals surface area contributed by atoms with E-state index in [2.05, 4.69) is 17.2 Å². The Morgan fingerprint density at radius 3 is 3.11 bits per heavy atom. The van der Waals surface area contributed by atoms with Crippen LogP contribution in [-0.2, 0) is 4.74 Å². The molecule has 18 heavy (non-hydrogen) atoms. The smallest absolute Gasteiger partial charge is 0.137 e. The van der Waals surface area contributed by atoms with Gasteiger partial charge in [0.05, 0.1) is 12.3 Å². The Hall–Kier alpha value is -1.13. The molecule has 2 heterocycles. The maximum atomic E-state index is 5.63. The van der Waals surface area contributed by atoms with Crippen molar-refractivity contribution in [1.29, 1.82) is 0 Å². The summed E-state index contributed by atoms with van der Waals surface area (Å²) in [6.45, 7) is 6.52. The van der Waals surface area contributed by atoms with E-state index < -0.39 is 0 Å². The lowest BCUT2D eigenvalue weighted by Crippen LogP contribution is -2.39. The third kappa shape index (κ3) is 3.96. The van der Waals surface area contributed by atoms with E-state index in [9.17, 15) is 0 Å². The summed E-state index contributed by atoms with van der Waals surface area (Å²) in [4.78, 5) is 4.19. The molecule has 0 aliphatic carbocycles. The second kappa shape index (κ2) is 6.71. The van der Waals surface area contributed by atoms with Gasteiger partial charge in [0.1, 0.15) is 12.4 Å². The van der Waals surface area contributed by atoms with Crippen LogP contribution >= 0.6 is 0 Å². The minimum absolute atomic E-state index is 0.367. The molecule has 0 saturated carbocycles. The summed E-state index contributed by atoms with van der Waals surface area (Å²) in [7, 11) is 0. The number of aryl methyl sites for hydroxylation is 1. The maximum absolute atomic E-state index is 5.63. The van der Waals surface area contributed by atoms with Crippen LogP contribution < -0.4 is 10.1 Å². The average Bonchev–Trinajstić information content (AvgIpc) is 2.90. The summed E-state index contributed by atoms with van der Waals surface area (Å²) in [5.41, 5.74) is 1.01. The minimum atomic E-state index is 0.367. The van der Waals surface area contributed by atoms with Gasteiger partial charge >= 0.3 is 0 Å². The molecule has 4 nitrogen and oxygen atoms in total. The van der Waals surface area contributed by atoms with Crippen LogP contribution in [0.15, 0.2) is 18.3 Å². The van der Waals surface area contributed by atoms with Gasteiger partial charge in [0.25, 0.3) is 0 Å². The van der Waals surface area contributed by atoms with Crippen LogP contribution in [0.2, 0.25) is 0 Å². The molecule has 0 bridgehead atoms. The molecule has 1 aliphatic heterocycles. The van der Waals surface area contributed by atoms with Crippen LogP contribution in [0.4, 0.5) is 0 Å². The van der Waals surface area contributed by atoms with Crippen molar-refractivity contribution in [2.75, 3.05) is 19.8 Å². The first kappa shape index (κ1) is 13.3. The van der Waals surface area contributed by atoms with E-state index in [0.717, 1.165) is 31.0 Å². The number of ether oxygens (including phenoxy) is 2. The average molecular weight is 250 g/mol. The molecule has 0 amide bonds. The molecule has 1 fully saturated rings. The molecular formula is C14H22N2O2. The Kier molecular flexibility index (Phi) is 4.96. The summed E-state index contributed by atoms with van der Waals surface area (Å²) < 4.78 is 11.2. The predicted molar refractivity (Wildman–Crippen MR) is 70.9 cm³/mol. The molecule has 1 saturated heterocycles. The van der Waals surface area contributed by atoms with Gasteiger partial charge in [-0.25, -0.2) is 0 Å². The Bertz CT molecular complexity index is 347. The molecule has 100 valence electrons. The quantitative estimate of drug-likeness (QED) is 0.783. The fourth-order valence-electron chi connectivity index (χ4n) is 2.12. The Morgan fingerprint density at radius 2 is 2.44 bits per heavy atom. The first-order valence-electron chi connectivity index (χ1n) is 6.66. The van der Waals surface area contributed by atoms with E-state index in [1.54, 1.807) is 6.20 Å². The highest BCUT2D eigenvalue weighted by molar-refractivity contribution is 5.18. The van der Waals surface area contributed by atoms with E-state index in [-0.39, 0.29) is 0 Å². The number of hydrogen-bond donors (Lipinski definition) is 1. The lowest BCUT2D eigenvalue weighted by molar-refractivity contribution is 0.0824. The fraction of sp³-hybridized carbons (Fsp3) is 0.643. The van der Waals surface area contributed by atoms with Gasteiger partial charge in [0.15, 0.2) is 0 Å². The summed E-state index contributed by atoms with van der Waals surface area (Å²) in [5, 5.41) is 3.44. The molecule has 4 heteroatoms. The molecule has 2 rings (SSSR count). The van der Waals surface area contributed by atoms with Gasteiger partial charge in [-0.2, -0.15) is 0 Å². The third-order valence-electron chi connectivity index (χ3n) is 3.24. The van der Waals surface area contributed by atoms with Crippen molar-refractivity contribution < 1.29 is 9.47 Å². The molecule has 0 radical (unpaired) electrons. The van der Waals surface area contributed by atoms with Gasteiger partial charge in [-0.3, -0.25) is 4.98 Å². The summed E-state index contributed by atoms with van der Waals surface area (Å²) in [6, 6.07) is 4.30. The fourth-order valence-corrected chi connectivity index (χ4v) is 2.12. The molecule has 0 aromatic carbocycles. The topological polar surface area (TPSA) is 43.4 Å². The third-order valence-corrected chi connectivity index (χ3v) is 3.24. The largest absolute Gasteiger partial charge is 0.491 e. The maximum Gasteiger partial charge on any atom is 0.137 e. The highest BCUT2D eigenvalue weighted by Gasteiger charge is 2.21. The van der Waals surface area contributed by atoms with Gasteiger partial charge in [-0.1, -0.05) is 0 Å². The molecular weight excluding hydrogens is 228 g/mol. The zero-order chi connectivity index (χ0) is 12.8. The lowest BCUT2D eigenvalue weighted by Gasteiger charge is -2.20. The zero-order valence-electron chi connectivity index (χ0n) is 11.2. The van der Waals surface area contributed by atoms with Gasteiger partial charge in [-0.15, -0.1) is 0 Å². The monoisotopic (exact) mass is 250 g/mol. The van der Waals surface area contributed by atoms with Crippen LogP contribution in [0.1, 0.15) is 25.5 Å². The van der Waals surface area contributed by atoms with Crippen LogP contribution in [0, 0.1) is 6.92 Å². The lowest BCUT2D eigenvalue weighted by atomic mass is 10.1. The molecule has 0 spiro atoms. The van der Waals surface area contributed by atoms with E-state index >= 15 is 0 Å². The van der Waals surface area contributed by atoms with Crippen molar-refractivity contribution in [2.24, 2.45) is 0 Å². The van der Waals surface area contributed by atoms with Crippen LogP contribution in [0.3, 0.4) is 0 Å². The van der Waals surface area contributed by atoms with Crippen molar-refractivity contribution in [3.05, 3.63) is 24.0 Å². The van der Waals surface area contributed by atoms with Crippen molar-refractivity contribution in [2.45, 2.75) is 38.8 Å². The van der Waals surface area contributed by atoms with Crippen molar-refractivity contribution in [3.63, 3.8) is 0 Å². The zero-order valence-corrected chi connectivity index (χ0v) is 11.2. The molecule has 1 aromatic heterocycles. The minimum Gasteiger partial charge on any atom is -0.491 e. The van der Waals surface area contributed by atoms with Crippen molar-refractivity contribution in [1.82, 2.24) is 10.3 Å². The molecule has 1 N–H and O–H groups in total. The SMILES string of the molecule is Cc1ccc(OCCNC(C)C2CCCO2)cn1. The first-order chi connectivity index (χ1) is 8.75. The van der Waals surface area contributed by atoms with E-state index in [4.69, 9.17) is 9.47 Å². The number of aromatic nitrogens is 1. The van der Waals surface area contributed by atoms with Crippen LogP contribution in [-0.4, -0.2) is 36.9 Å². The molecule has 1 aromatic rings. The number of nitrogens with one attached hydrogen (secondary N) is 1. The van der Waals surface area contributed by atoms with Crippen molar-refractivity contribution in [3.8, 4) is 5.75 Å². The summed E-state index contributed by atoms with van der Waals surface area (Å²) >= 11 is 0. The Morgan fingerprint density at radius 1 is 1.56 bits per heavy atom. The molecule has 2 unspecified atom stereocenters. The van der Waals surface area contributed by atoms with Crippen LogP contribution in [0.25, 0.3) is 0 Å². The van der Waals surface area contributed by atoms with Crippen LogP contribution in [0.5, 0.6) is 5.75 Å². The van der Waals surface area contributed by atoms with Gasteiger partial charge in [0.2, 0.25) is 0 Å². The van der Waals surface area contributed by atoms with Gasteiger partial charge in [-0.05, 0) is 38.8 Å². The van der Waals surface area contributed by atoms with E-state index in [1.807, 2.05) is 19.1 Å². The Balaban J connectivity index is 1.62. The summed E-state index contributed by atoms with van der Waals surface area (Å²) in [5.74, 6) is 0.826. The Labute approximate surface area is 109 Å². The highest BCUT2D eigenvalue weighted by atomic mass is 16.5. The number of rotatable bonds is 6. The van der Waals surface area contributed by atoms with Gasteiger partial charge in [0, 0.05) is 24.9 Å². The molecule has 1 aliphatic rings. The number of hydrogen-bond acceptors (Lipinski definition) is 4. The van der Waals surface area contributed by atoms with Gasteiger partial charge < -0.3 is 14.8 Å². The first-order valence-corrected chi connectivity index (χ1v) is 6.66.